The van der Waals surface area contributed by atoms with Crippen LogP contribution in [0.5, 0.6) is 0 Å². The average Bonchev–Trinajstić information content (AvgIpc) is 2.76. The first-order chi connectivity index (χ1) is 9.63. The van der Waals surface area contributed by atoms with Crippen molar-refractivity contribution < 1.29 is 4.79 Å². The molecule has 2 unspecified atom stereocenters. The van der Waals surface area contributed by atoms with Crippen LogP contribution in [0.15, 0.2) is 0 Å². The summed E-state index contributed by atoms with van der Waals surface area (Å²) in [6.45, 7) is 3.94. The third-order valence-corrected chi connectivity index (χ3v) is 6.22. The Morgan fingerprint density at radius 2 is 2.10 bits per heavy atom. The maximum atomic E-state index is 12.5. The molecule has 1 amide bonds. The molecule has 20 heavy (non-hydrogen) atoms. The molecule has 2 atom stereocenters. The van der Waals surface area contributed by atoms with Crippen molar-refractivity contribution in [1.82, 2.24) is 9.88 Å². The number of nitrogens with one attached hydrogen (secondary N) is 1. The molecule has 0 aromatic carbocycles. The number of likely N-dealkylation sites (tertiary alicyclic amines) is 1. The summed E-state index contributed by atoms with van der Waals surface area (Å²) < 4.78 is 0.774. The second kappa shape index (κ2) is 5.98. The van der Waals surface area contributed by atoms with Gasteiger partial charge in [-0.15, -0.1) is 11.3 Å². The van der Waals surface area contributed by atoms with E-state index in [4.69, 9.17) is 12.2 Å². The van der Waals surface area contributed by atoms with Crippen molar-refractivity contribution in [2.75, 3.05) is 13.1 Å². The zero-order valence-corrected chi connectivity index (χ0v) is 13.6. The van der Waals surface area contributed by atoms with E-state index >= 15 is 0 Å². The van der Waals surface area contributed by atoms with E-state index in [9.17, 15) is 4.79 Å². The summed E-state index contributed by atoms with van der Waals surface area (Å²) >= 11 is 6.69. The number of thiazole rings is 1. The van der Waals surface area contributed by atoms with E-state index < -0.39 is 0 Å². The summed E-state index contributed by atoms with van der Waals surface area (Å²) in [5.74, 6) is 1.91. The van der Waals surface area contributed by atoms with Crippen LogP contribution in [0.2, 0.25) is 0 Å². The first kappa shape index (κ1) is 14.3. The Balaban J connectivity index is 1.63. The number of H-pyrrole nitrogens is 1. The van der Waals surface area contributed by atoms with Crippen molar-refractivity contribution >= 4 is 29.5 Å². The van der Waals surface area contributed by atoms with Crippen LogP contribution in [-0.4, -0.2) is 28.9 Å². The van der Waals surface area contributed by atoms with Crippen LogP contribution in [0.4, 0.5) is 0 Å². The van der Waals surface area contributed by atoms with E-state index in [1.54, 1.807) is 11.3 Å². The van der Waals surface area contributed by atoms with Crippen LogP contribution >= 0.6 is 23.6 Å². The predicted octanol–water partition coefficient (Wildman–Crippen LogP) is 3.70. The number of carbonyl (C=O) groups excluding carboxylic acids is 1. The van der Waals surface area contributed by atoms with Gasteiger partial charge in [-0.3, -0.25) is 4.79 Å². The monoisotopic (exact) mass is 310 g/mol. The lowest BCUT2D eigenvalue weighted by atomic mass is 9.75. The zero-order chi connectivity index (χ0) is 14.1. The van der Waals surface area contributed by atoms with Gasteiger partial charge in [-0.05, 0) is 43.8 Å². The minimum atomic E-state index is 0.280. The van der Waals surface area contributed by atoms with Gasteiger partial charge >= 0.3 is 0 Å². The molecule has 0 radical (unpaired) electrons. The molecule has 2 fully saturated rings. The van der Waals surface area contributed by atoms with Crippen LogP contribution in [-0.2, 0) is 11.2 Å². The van der Waals surface area contributed by atoms with Crippen molar-refractivity contribution in [2.45, 2.75) is 45.4 Å². The molecule has 1 aliphatic heterocycles. The number of nitrogens with zero attached hydrogens (tertiary/aromatic N) is 1. The zero-order valence-electron chi connectivity index (χ0n) is 12.0. The van der Waals surface area contributed by atoms with Gasteiger partial charge in [-0.25, -0.2) is 0 Å². The minimum Gasteiger partial charge on any atom is -0.342 e. The van der Waals surface area contributed by atoms with E-state index in [2.05, 4.69) is 9.88 Å². The lowest BCUT2D eigenvalue weighted by molar-refractivity contribution is -0.133. The van der Waals surface area contributed by atoms with Gasteiger partial charge in [0.15, 0.2) is 3.95 Å². The summed E-state index contributed by atoms with van der Waals surface area (Å²) in [6, 6.07) is 0. The summed E-state index contributed by atoms with van der Waals surface area (Å²) in [6.07, 6.45) is 7.16. The molecule has 1 aromatic rings. The molecule has 1 saturated heterocycles. The molecule has 0 spiro atoms. The van der Waals surface area contributed by atoms with Crippen molar-refractivity contribution in [2.24, 2.45) is 11.8 Å². The first-order valence-corrected chi connectivity index (χ1v) is 8.82. The Hall–Kier alpha value is -0.680. The van der Waals surface area contributed by atoms with Gasteiger partial charge < -0.3 is 9.88 Å². The fourth-order valence-electron chi connectivity index (χ4n) is 3.68. The standard InChI is InChI=1S/C15H22N2OS2/c1-10-13(20-15(19)16-10)8-14(18)17-7-6-11-4-2-3-5-12(11)9-17/h11-12H,2-9H2,1H3,(H,16,19). The molecule has 0 bridgehead atoms. The van der Waals surface area contributed by atoms with Gasteiger partial charge in [0.2, 0.25) is 5.91 Å². The first-order valence-electron chi connectivity index (χ1n) is 7.60. The van der Waals surface area contributed by atoms with E-state index in [-0.39, 0.29) is 5.91 Å². The van der Waals surface area contributed by atoms with Gasteiger partial charge in [0.1, 0.15) is 0 Å². The molecular weight excluding hydrogens is 288 g/mol. The molecule has 3 rings (SSSR count). The number of amides is 1. The number of hydrogen-bond donors (Lipinski definition) is 1. The van der Waals surface area contributed by atoms with Gasteiger partial charge in [-0.1, -0.05) is 19.3 Å². The molecule has 3 nitrogen and oxygen atoms in total. The van der Waals surface area contributed by atoms with Crippen molar-refractivity contribution in [3.05, 3.63) is 14.5 Å². The largest absolute Gasteiger partial charge is 0.342 e. The van der Waals surface area contributed by atoms with Gasteiger partial charge in [0.25, 0.3) is 0 Å². The second-order valence-corrected chi connectivity index (χ2v) is 7.94. The van der Waals surface area contributed by atoms with Crippen LogP contribution in [0.25, 0.3) is 0 Å². The number of aromatic nitrogens is 1. The number of aryl methyl sites for hydroxylation is 1. The molecule has 5 heteroatoms. The maximum absolute atomic E-state index is 12.5. The number of hydrogen-bond acceptors (Lipinski definition) is 3. The number of piperidine rings is 1. The topological polar surface area (TPSA) is 36.1 Å². The second-order valence-electron chi connectivity index (χ2n) is 6.17. The van der Waals surface area contributed by atoms with Gasteiger partial charge in [0.05, 0.1) is 6.42 Å². The maximum Gasteiger partial charge on any atom is 0.227 e. The Kier molecular flexibility index (Phi) is 4.26. The van der Waals surface area contributed by atoms with Crippen LogP contribution < -0.4 is 0 Å². The highest BCUT2D eigenvalue weighted by Gasteiger charge is 2.32. The van der Waals surface area contributed by atoms with Crippen LogP contribution in [0, 0.1) is 22.7 Å². The summed E-state index contributed by atoms with van der Waals surface area (Å²) in [4.78, 5) is 18.8. The van der Waals surface area contributed by atoms with Crippen molar-refractivity contribution in [3.63, 3.8) is 0 Å². The lowest BCUT2D eigenvalue weighted by Crippen LogP contribution is -2.45. The van der Waals surface area contributed by atoms with E-state index in [0.717, 1.165) is 39.5 Å². The minimum absolute atomic E-state index is 0.280. The fraction of sp³-hybridized carbons (Fsp3) is 0.733. The quantitative estimate of drug-likeness (QED) is 0.846. The summed E-state index contributed by atoms with van der Waals surface area (Å²) in [7, 11) is 0. The van der Waals surface area contributed by atoms with Gasteiger partial charge in [0, 0.05) is 23.7 Å². The molecule has 2 aliphatic rings. The number of rotatable bonds is 2. The molecule has 1 aliphatic carbocycles. The third kappa shape index (κ3) is 2.98. The molecule has 1 saturated carbocycles. The molecular formula is C15H22N2OS2. The smallest absolute Gasteiger partial charge is 0.227 e. The lowest BCUT2D eigenvalue weighted by Gasteiger charge is -2.41. The fourth-order valence-corrected chi connectivity index (χ4v) is 4.96. The van der Waals surface area contributed by atoms with Crippen molar-refractivity contribution in [3.8, 4) is 0 Å². The normalized spacial score (nSPS) is 26.4. The molecule has 1 aromatic heterocycles. The average molecular weight is 310 g/mol. The van der Waals surface area contributed by atoms with E-state index in [1.807, 2.05) is 6.92 Å². The number of aromatic amines is 1. The molecule has 1 N–H and O–H groups in total. The van der Waals surface area contributed by atoms with Gasteiger partial charge in [-0.2, -0.15) is 0 Å². The molecule has 110 valence electrons. The van der Waals surface area contributed by atoms with E-state index in [1.165, 1.54) is 32.1 Å². The summed E-state index contributed by atoms with van der Waals surface area (Å²) in [5, 5.41) is 0. The Labute approximate surface area is 129 Å². The highest BCUT2D eigenvalue weighted by Crippen LogP contribution is 2.36. The Bertz CT molecular complexity index is 548. The predicted molar refractivity (Wildman–Crippen MR) is 84.6 cm³/mol. The number of carbonyl (C=O) groups is 1. The third-order valence-electron chi connectivity index (χ3n) is 4.88. The van der Waals surface area contributed by atoms with E-state index in [0.29, 0.717) is 6.42 Å². The van der Waals surface area contributed by atoms with Crippen LogP contribution in [0.1, 0.15) is 42.7 Å². The molecule has 2 heterocycles. The Morgan fingerprint density at radius 3 is 2.80 bits per heavy atom. The van der Waals surface area contributed by atoms with Crippen molar-refractivity contribution in [1.29, 1.82) is 0 Å². The summed E-state index contributed by atoms with van der Waals surface area (Å²) in [5.41, 5.74) is 1.06. The Morgan fingerprint density at radius 1 is 1.35 bits per heavy atom. The number of fused-ring (bicyclic) bond motifs is 1. The highest BCUT2D eigenvalue weighted by atomic mass is 32.1. The highest BCUT2D eigenvalue weighted by molar-refractivity contribution is 7.73. The van der Waals surface area contributed by atoms with Crippen LogP contribution in [0.3, 0.4) is 0 Å². The SMILES string of the molecule is Cc1[nH]c(=S)sc1CC(=O)N1CCC2CCCCC2C1.